The third-order valence-corrected chi connectivity index (χ3v) is 10.1. The highest BCUT2D eigenvalue weighted by Crippen LogP contribution is 2.63. The molecule has 4 aliphatic rings. The van der Waals surface area contributed by atoms with Crippen molar-refractivity contribution in [3.63, 3.8) is 0 Å². The van der Waals surface area contributed by atoms with Crippen LogP contribution in [0.4, 0.5) is 18.9 Å². The maximum atomic E-state index is 14.6. The van der Waals surface area contributed by atoms with Gasteiger partial charge in [0.2, 0.25) is 11.8 Å². The fourth-order valence-electron chi connectivity index (χ4n) is 7.92. The molecule has 0 aromatic carbocycles. The molecule has 12 heteroatoms. The van der Waals surface area contributed by atoms with Crippen molar-refractivity contribution in [3.8, 4) is 17.1 Å². The van der Waals surface area contributed by atoms with Crippen molar-refractivity contribution >= 4 is 17.5 Å². The maximum Gasteiger partial charge on any atom is 0.403 e. The molecular formula is C32H41F3N6O3. The topological polar surface area (TPSA) is 99.7 Å². The van der Waals surface area contributed by atoms with Crippen LogP contribution in [-0.4, -0.2) is 84.3 Å². The van der Waals surface area contributed by atoms with Crippen LogP contribution in [0.1, 0.15) is 62.9 Å². The Morgan fingerprint density at radius 1 is 1.16 bits per heavy atom. The van der Waals surface area contributed by atoms with Gasteiger partial charge in [0.15, 0.2) is 5.69 Å². The lowest BCUT2D eigenvalue weighted by Gasteiger charge is -2.47. The van der Waals surface area contributed by atoms with E-state index in [1.54, 1.807) is 12.3 Å². The van der Waals surface area contributed by atoms with Gasteiger partial charge in [-0.3, -0.25) is 9.59 Å². The van der Waals surface area contributed by atoms with Gasteiger partial charge in [-0.15, -0.1) is 0 Å². The average Bonchev–Trinajstić information content (AvgIpc) is 3.79. The van der Waals surface area contributed by atoms with Crippen LogP contribution in [-0.2, 0) is 4.79 Å². The van der Waals surface area contributed by atoms with Gasteiger partial charge in [0, 0.05) is 44.5 Å². The Morgan fingerprint density at radius 2 is 2.00 bits per heavy atom. The summed E-state index contributed by atoms with van der Waals surface area (Å²) in [7, 11) is 0. The Kier molecular flexibility index (Phi) is 8.47. The first-order valence-corrected chi connectivity index (χ1v) is 15.9. The van der Waals surface area contributed by atoms with Crippen molar-refractivity contribution in [2.75, 3.05) is 44.2 Å². The summed E-state index contributed by atoms with van der Waals surface area (Å²) in [4.78, 5) is 40.2. The second kappa shape index (κ2) is 12.2. The van der Waals surface area contributed by atoms with Crippen LogP contribution in [0.3, 0.4) is 0 Å². The molecule has 2 N–H and O–H groups in total. The van der Waals surface area contributed by atoms with Crippen LogP contribution in [0, 0.1) is 17.3 Å². The van der Waals surface area contributed by atoms with Gasteiger partial charge in [-0.05, 0) is 81.7 Å². The first-order valence-electron chi connectivity index (χ1n) is 15.9. The highest BCUT2D eigenvalue weighted by Gasteiger charge is 2.70. The Morgan fingerprint density at radius 3 is 2.66 bits per heavy atom. The van der Waals surface area contributed by atoms with Crippen molar-refractivity contribution in [1.82, 2.24) is 25.5 Å². The van der Waals surface area contributed by atoms with Crippen LogP contribution in [0.5, 0.6) is 5.88 Å². The van der Waals surface area contributed by atoms with E-state index in [4.69, 9.17) is 9.72 Å². The number of carbonyl (C=O) groups excluding carboxylic acids is 2. The minimum Gasteiger partial charge on any atom is -0.477 e. The highest BCUT2D eigenvalue weighted by atomic mass is 19.4. The summed E-state index contributed by atoms with van der Waals surface area (Å²) < 4.78 is 49.6. The highest BCUT2D eigenvalue weighted by molar-refractivity contribution is 5.99. The van der Waals surface area contributed by atoms with Gasteiger partial charge < -0.3 is 25.2 Å². The summed E-state index contributed by atoms with van der Waals surface area (Å²) in [5.41, 5.74) is -0.252. The van der Waals surface area contributed by atoms with Crippen LogP contribution < -0.4 is 20.3 Å². The van der Waals surface area contributed by atoms with E-state index in [1.807, 2.05) is 36.9 Å². The number of nitrogens with zero attached hydrogens (tertiary/aromatic N) is 4. The number of hydrogen-bond donors (Lipinski definition) is 2. The zero-order valence-electron chi connectivity index (χ0n) is 25.3. The van der Waals surface area contributed by atoms with Gasteiger partial charge in [-0.1, -0.05) is 13.3 Å². The van der Waals surface area contributed by atoms with Crippen LogP contribution in [0.15, 0.2) is 30.5 Å². The van der Waals surface area contributed by atoms with Gasteiger partial charge in [0.25, 0.3) is 5.91 Å². The van der Waals surface area contributed by atoms with E-state index in [2.05, 4.69) is 15.6 Å². The third kappa shape index (κ3) is 5.39. The summed E-state index contributed by atoms with van der Waals surface area (Å²) in [5.74, 6) is -1.33. The second-order valence-corrected chi connectivity index (χ2v) is 12.6. The molecule has 44 heavy (non-hydrogen) atoms. The molecule has 3 unspecified atom stereocenters. The van der Waals surface area contributed by atoms with Crippen molar-refractivity contribution in [2.45, 2.75) is 70.6 Å². The number of ether oxygens (including phenoxy) is 1. The first kappa shape index (κ1) is 30.6. The molecular weight excluding hydrogens is 573 g/mol. The molecule has 2 aliphatic carbocycles. The molecule has 2 saturated heterocycles. The monoisotopic (exact) mass is 614 g/mol. The minimum atomic E-state index is -4.57. The molecule has 2 bridgehead atoms. The van der Waals surface area contributed by atoms with E-state index >= 15 is 0 Å². The summed E-state index contributed by atoms with van der Waals surface area (Å²) >= 11 is 0. The van der Waals surface area contributed by atoms with Crippen molar-refractivity contribution in [2.24, 2.45) is 17.3 Å². The van der Waals surface area contributed by atoms with E-state index in [0.29, 0.717) is 61.8 Å². The van der Waals surface area contributed by atoms with Crippen molar-refractivity contribution in [1.29, 1.82) is 0 Å². The predicted molar refractivity (Wildman–Crippen MR) is 159 cm³/mol. The lowest BCUT2D eigenvalue weighted by atomic mass is 9.71. The molecule has 238 valence electrons. The third-order valence-electron chi connectivity index (χ3n) is 10.1. The molecule has 2 aromatic heterocycles. The summed E-state index contributed by atoms with van der Waals surface area (Å²) in [6, 6.07) is 6.98. The first-order chi connectivity index (χ1) is 21.2. The number of rotatable bonds is 8. The van der Waals surface area contributed by atoms with E-state index < -0.39 is 23.4 Å². The number of amides is 2. The minimum absolute atomic E-state index is 0.0300. The fourth-order valence-corrected chi connectivity index (χ4v) is 7.92. The summed E-state index contributed by atoms with van der Waals surface area (Å²) in [6.07, 6.45) is 0.0723. The number of fused-ring (bicyclic) bond motifs is 2. The van der Waals surface area contributed by atoms with Gasteiger partial charge in [-0.25, -0.2) is 9.97 Å². The largest absolute Gasteiger partial charge is 0.477 e. The lowest BCUT2D eigenvalue weighted by molar-refractivity contribution is -0.241. The quantitative estimate of drug-likeness (QED) is 0.454. The van der Waals surface area contributed by atoms with Gasteiger partial charge >= 0.3 is 6.18 Å². The standard InChI is InChI=1S/C32H41F3N6O3/c1-3-23-19-40(30(43)31(32(33,34)35)17-20-7-8-21(31)16-20)14-15-41(23)26-10-9-25(24-6-5-12-37-29(24)44-4-2)39-27(26)28(42)38-22-11-13-36-18-22/h5-6,9-10,12,20-23,36H,3-4,7-8,11,13-19H2,1-2H3,(H,38,42)/t20?,21?,22-,23-,31?/m1/s1. The molecule has 0 spiro atoms. The van der Waals surface area contributed by atoms with Crippen LogP contribution in [0.2, 0.25) is 0 Å². The van der Waals surface area contributed by atoms with Gasteiger partial charge in [0.1, 0.15) is 5.41 Å². The Balaban J connectivity index is 1.30. The van der Waals surface area contributed by atoms with Crippen LogP contribution in [0.25, 0.3) is 11.3 Å². The number of pyridine rings is 2. The molecule has 4 fully saturated rings. The summed E-state index contributed by atoms with van der Waals surface area (Å²) in [6.45, 7) is 6.34. The number of piperazine rings is 1. The maximum absolute atomic E-state index is 14.6. The normalized spacial score (nSPS) is 28.4. The van der Waals surface area contributed by atoms with Crippen molar-refractivity contribution in [3.05, 3.63) is 36.2 Å². The molecule has 9 nitrogen and oxygen atoms in total. The Bertz CT molecular complexity index is 1380. The SMILES string of the molecule is CCOc1ncccc1-c1ccc(N2CCN(C(=O)C3(C(F)(F)F)CC4CCC3C4)C[C@H]2CC)c(C(=O)N[C@@H]2CCNC2)n1. The molecule has 2 aromatic rings. The summed E-state index contributed by atoms with van der Waals surface area (Å²) in [5, 5.41) is 6.36. The number of alkyl halides is 3. The number of carbonyl (C=O) groups is 2. The molecule has 2 saturated carbocycles. The van der Waals surface area contributed by atoms with E-state index in [-0.39, 0.29) is 49.1 Å². The van der Waals surface area contributed by atoms with Crippen LogP contribution >= 0.6 is 0 Å². The second-order valence-electron chi connectivity index (χ2n) is 12.6. The molecule has 5 atom stereocenters. The molecule has 2 aliphatic heterocycles. The smallest absolute Gasteiger partial charge is 0.403 e. The molecule has 6 rings (SSSR count). The number of hydrogen-bond acceptors (Lipinski definition) is 7. The number of halogens is 3. The number of nitrogens with one attached hydrogen (secondary N) is 2. The molecule has 2 amide bonds. The lowest BCUT2D eigenvalue weighted by Crippen LogP contribution is -2.61. The number of anilines is 1. The molecule has 0 radical (unpaired) electrons. The van der Waals surface area contributed by atoms with E-state index in [9.17, 15) is 22.8 Å². The predicted octanol–water partition coefficient (Wildman–Crippen LogP) is 4.43. The molecule has 4 heterocycles. The average molecular weight is 615 g/mol. The number of aromatic nitrogens is 2. The Hall–Kier alpha value is -3.41. The van der Waals surface area contributed by atoms with Gasteiger partial charge in [-0.2, -0.15) is 13.2 Å². The van der Waals surface area contributed by atoms with E-state index in [1.165, 1.54) is 4.90 Å². The van der Waals surface area contributed by atoms with E-state index in [0.717, 1.165) is 19.4 Å². The Labute approximate surface area is 255 Å². The fraction of sp³-hybridized carbons (Fsp3) is 0.625. The zero-order valence-corrected chi connectivity index (χ0v) is 25.3. The zero-order chi connectivity index (χ0) is 31.1. The van der Waals surface area contributed by atoms with Crippen molar-refractivity contribution < 1.29 is 27.5 Å². The van der Waals surface area contributed by atoms with Gasteiger partial charge in [0.05, 0.1) is 23.6 Å².